The standard InChI is InChI=1S/C18H23F3N2O4/c1-11(14-5-4-6-15(10-14)18(19,20)21)9-16(25)23(12(2)17(26)27)8-7-22-13(3)24/h4-6,10-12H,7-9H2,1-3H3,(H,22,24)(H,26,27). The molecular formula is C18H23F3N2O4. The van der Waals surface area contributed by atoms with Crippen molar-refractivity contribution >= 4 is 17.8 Å². The van der Waals surface area contributed by atoms with Gasteiger partial charge in [-0.2, -0.15) is 13.2 Å². The Bertz CT molecular complexity index is 691. The summed E-state index contributed by atoms with van der Waals surface area (Å²) in [5.41, 5.74) is -0.469. The molecule has 9 heteroatoms. The lowest BCUT2D eigenvalue weighted by Gasteiger charge is -2.28. The third kappa shape index (κ3) is 6.92. The molecule has 1 aromatic carbocycles. The number of hydrogen-bond acceptors (Lipinski definition) is 3. The Hall–Kier alpha value is -2.58. The van der Waals surface area contributed by atoms with Crippen molar-refractivity contribution in [2.75, 3.05) is 13.1 Å². The first kappa shape index (κ1) is 22.5. The number of nitrogens with one attached hydrogen (secondary N) is 1. The van der Waals surface area contributed by atoms with Crippen LogP contribution in [0.1, 0.15) is 44.2 Å². The van der Waals surface area contributed by atoms with Crippen molar-refractivity contribution in [3.8, 4) is 0 Å². The zero-order chi connectivity index (χ0) is 20.8. The van der Waals surface area contributed by atoms with Crippen LogP contribution in [0.25, 0.3) is 0 Å². The van der Waals surface area contributed by atoms with Crippen LogP contribution in [0.5, 0.6) is 0 Å². The van der Waals surface area contributed by atoms with Gasteiger partial charge in [0, 0.05) is 26.4 Å². The van der Waals surface area contributed by atoms with Crippen molar-refractivity contribution in [2.24, 2.45) is 0 Å². The average Bonchev–Trinajstić information content (AvgIpc) is 2.57. The monoisotopic (exact) mass is 388 g/mol. The van der Waals surface area contributed by atoms with Crippen molar-refractivity contribution in [3.05, 3.63) is 35.4 Å². The molecule has 0 fully saturated rings. The van der Waals surface area contributed by atoms with Crippen LogP contribution in [0, 0.1) is 0 Å². The molecule has 1 aromatic rings. The van der Waals surface area contributed by atoms with E-state index in [1.54, 1.807) is 6.92 Å². The Balaban J connectivity index is 2.90. The molecule has 0 aliphatic heterocycles. The van der Waals surface area contributed by atoms with Crippen molar-refractivity contribution in [2.45, 2.75) is 45.3 Å². The fourth-order valence-corrected chi connectivity index (χ4v) is 2.54. The molecule has 2 N–H and O–H groups in total. The van der Waals surface area contributed by atoms with Gasteiger partial charge in [-0.1, -0.05) is 25.1 Å². The maximum Gasteiger partial charge on any atom is 0.416 e. The van der Waals surface area contributed by atoms with E-state index in [1.807, 2.05) is 0 Å². The first-order valence-corrected chi connectivity index (χ1v) is 8.37. The summed E-state index contributed by atoms with van der Waals surface area (Å²) in [6, 6.07) is 3.58. The number of amides is 2. The highest BCUT2D eigenvalue weighted by atomic mass is 19.4. The van der Waals surface area contributed by atoms with Crippen molar-refractivity contribution in [3.63, 3.8) is 0 Å². The van der Waals surface area contributed by atoms with Gasteiger partial charge in [0.2, 0.25) is 11.8 Å². The van der Waals surface area contributed by atoms with Crippen molar-refractivity contribution < 1.29 is 32.7 Å². The van der Waals surface area contributed by atoms with Gasteiger partial charge in [0.05, 0.1) is 5.56 Å². The van der Waals surface area contributed by atoms with E-state index < -0.39 is 35.6 Å². The zero-order valence-corrected chi connectivity index (χ0v) is 15.3. The third-order valence-electron chi connectivity index (χ3n) is 4.14. The maximum absolute atomic E-state index is 12.8. The number of benzene rings is 1. The summed E-state index contributed by atoms with van der Waals surface area (Å²) in [7, 11) is 0. The van der Waals surface area contributed by atoms with E-state index in [4.69, 9.17) is 0 Å². The number of carboxylic acid groups (broad SMARTS) is 1. The minimum atomic E-state index is -4.48. The van der Waals surface area contributed by atoms with Crippen LogP contribution in [0.3, 0.4) is 0 Å². The fraction of sp³-hybridized carbons (Fsp3) is 0.500. The van der Waals surface area contributed by atoms with Gasteiger partial charge in [-0.15, -0.1) is 0 Å². The summed E-state index contributed by atoms with van der Waals surface area (Å²) >= 11 is 0. The van der Waals surface area contributed by atoms with Gasteiger partial charge in [-0.05, 0) is 24.5 Å². The van der Waals surface area contributed by atoms with Crippen LogP contribution >= 0.6 is 0 Å². The molecule has 0 aromatic heterocycles. The molecule has 0 aliphatic carbocycles. The highest BCUT2D eigenvalue weighted by Gasteiger charge is 2.31. The second kappa shape index (κ2) is 9.38. The minimum Gasteiger partial charge on any atom is -0.480 e. The van der Waals surface area contributed by atoms with Crippen LogP contribution in [-0.4, -0.2) is 46.9 Å². The molecule has 0 spiro atoms. The summed E-state index contributed by atoms with van der Waals surface area (Å²) in [5.74, 6) is -2.58. The number of carboxylic acids is 1. The van der Waals surface area contributed by atoms with Gasteiger partial charge < -0.3 is 15.3 Å². The Kier molecular flexibility index (Phi) is 7.81. The number of aliphatic carboxylic acids is 1. The number of rotatable bonds is 8. The van der Waals surface area contributed by atoms with E-state index in [0.717, 1.165) is 17.0 Å². The lowest BCUT2D eigenvalue weighted by Crippen LogP contribution is -2.47. The first-order valence-electron chi connectivity index (χ1n) is 8.37. The predicted molar refractivity (Wildman–Crippen MR) is 92.0 cm³/mol. The molecule has 0 heterocycles. The zero-order valence-electron chi connectivity index (χ0n) is 15.3. The average molecular weight is 388 g/mol. The summed E-state index contributed by atoms with van der Waals surface area (Å²) in [6.45, 7) is 4.30. The van der Waals surface area contributed by atoms with Gasteiger partial charge >= 0.3 is 12.1 Å². The molecule has 2 unspecified atom stereocenters. The van der Waals surface area contributed by atoms with Gasteiger partial charge in [0.1, 0.15) is 6.04 Å². The highest BCUT2D eigenvalue weighted by Crippen LogP contribution is 2.31. The van der Waals surface area contributed by atoms with Gasteiger partial charge in [0.25, 0.3) is 0 Å². The minimum absolute atomic E-state index is 0.0127. The predicted octanol–water partition coefficient (Wildman–Crippen LogP) is 2.64. The van der Waals surface area contributed by atoms with Crippen LogP contribution in [0.4, 0.5) is 13.2 Å². The normalized spacial score (nSPS) is 13.6. The maximum atomic E-state index is 12.8. The number of alkyl halides is 3. The van der Waals surface area contributed by atoms with Gasteiger partial charge in [-0.3, -0.25) is 9.59 Å². The largest absolute Gasteiger partial charge is 0.480 e. The second-order valence-electron chi connectivity index (χ2n) is 6.31. The Labute approximate surface area is 155 Å². The van der Waals surface area contributed by atoms with Gasteiger partial charge in [0.15, 0.2) is 0 Å². The number of carbonyl (C=O) groups excluding carboxylic acids is 2. The molecule has 1 rings (SSSR count). The molecule has 0 saturated heterocycles. The Morgan fingerprint density at radius 1 is 1.22 bits per heavy atom. The van der Waals surface area contributed by atoms with E-state index in [2.05, 4.69) is 5.32 Å². The number of halogens is 3. The smallest absolute Gasteiger partial charge is 0.416 e. The van der Waals surface area contributed by atoms with E-state index >= 15 is 0 Å². The lowest BCUT2D eigenvalue weighted by molar-refractivity contribution is -0.149. The number of carbonyl (C=O) groups is 3. The number of nitrogens with zero attached hydrogens (tertiary/aromatic N) is 1. The summed E-state index contributed by atoms with van der Waals surface area (Å²) < 4.78 is 38.5. The van der Waals surface area contributed by atoms with E-state index in [0.29, 0.717) is 5.56 Å². The molecule has 0 bridgehead atoms. The van der Waals surface area contributed by atoms with E-state index in [1.165, 1.54) is 26.0 Å². The van der Waals surface area contributed by atoms with Crippen LogP contribution in [-0.2, 0) is 20.6 Å². The quantitative estimate of drug-likeness (QED) is 0.717. The molecular weight excluding hydrogens is 365 g/mol. The molecule has 150 valence electrons. The van der Waals surface area contributed by atoms with Gasteiger partial charge in [-0.25, -0.2) is 4.79 Å². The first-order chi connectivity index (χ1) is 12.4. The van der Waals surface area contributed by atoms with Crippen LogP contribution < -0.4 is 5.32 Å². The van der Waals surface area contributed by atoms with Crippen LogP contribution in [0.15, 0.2) is 24.3 Å². The molecule has 2 amide bonds. The van der Waals surface area contributed by atoms with E-state index in [-0.39, 0.29) is 25.4 Å². The third-order valence-corrected chi connectivity index (χ3v) is 4.14. The Morgan fingerprint density at radius 2 is 1.85 bits per heavy atom. The SMILES string of the molecule is CC(=O)NCCN(C(=O)CC(C)c1cccc(C(F)(F)F)c1)C(C)C(=O)O. The van der Waals surface area contributed by atoms with Crippen molar-refractivity contribution in [1.82, 2.24) is 10.2 Å². The summed E-state index contributed by atoms with van der Waals surface area (Å²) in [5, 5.41) is 11.7. The summed E-state index contributed by atoms with van der Waals surface area (Å²) in [6.07, 6.45) is -4.64. The molecule has 27 heavy (non-hydrogen) atoms. The number of hydrogen-bond donors (Lipinski definition) is 2. The molecule has 6 nitrogen and oxygen atoms in total. The molecule has 0 radical (unpaired) electrons. The summed E-state index contributed by atoms with van der Waals surface area (Å²) in [4.78, 5) is 35.9. The van der Waals surface area contributed by atoms with E-state index in [9.17, 15) is 32.7 Å². The lowest BCUT2D eigenvalue weighted by atomic mass is 9.95. The topological polar surface area (TPSA) is 86.7 Å². The van der Waals surface area contributed by atoms with Crippen molar-refractivity contribution in [1.29, 1.82) is 0 Å². The Morgan fingerprint density at radius 3 is 2.37 bits per heavy atom. The fourth-order valence-electron chi connectivity index (χ4n) is 2.54. The van der Waals surface area contributed by atoms with Crippen LogP contribution in [0.2, 0.25) is 0 Å². The molecule has 0 saturated carbocycles. The highest BCUT2D eigenvalue weighted by molar-refractivity contribution is 5.84. The second-order valence-corrected chi connectivity index (χ2v) is 6.31. The molecule has 0 aliphatic rings. The molecule has 2 atom stereocenters.